The van der Waals surface area contributed by atoms with E-state index in [0.717, 1.165) is 44.9 Å². The molecule has 0 aromatic heterocycles. The molecule has 5 heteroatoms. The minimum Gasteiger partial charge on any atom is -0.394 e. The van der Waals surface area contributed by atoms with Crippen molar-refractivity contribution in [2.24, 2.45) is 45.4 Å². The molecule has 0 bridgehead atoms. The van der Waals surface area contributed by atoms with Crippen LogP contribution in [0, 0.1) is 34.5 Å². The Morgan fingerprint density at radius 3 is 2.69 bits per heavy atom. The number of ketones is 1. The van der Waals surface area contributed by atoms with Gasteiger partial charge in [-0.15, -0.1) is 0 Å². The van der Waals surface area contributed by atoms with Gasteiger partial charge in [0.15, 0.2) is 0 Å². The van der Waals surface area contributed by atoms with Gasteiger partial charge in [0.2, 0.25) is 0 Å². The summed E-state index contributed by atoms with van der Waals surface area (Å²) in [7, 11) is 0. The quantitative estimate of drug-likeness (QED) is 0.610. The van der Waals surface area contributed by atoms with E-state index in [9.17, 15) is 4.79 Å². The number of hydrogen-bond acceptors (Lipinski definition) is 4. The third-order valence-electron chi connectivity index (χ3n) is 8.63. The number of fused-ring (bicyclic) bond motifs is 5. The zero-order valence-corrected chi connectivity index (χ0v) is 16.2. The molecule has 0 amide bonds. The van der Waals surface area contributed by atoms with Gasteiger partial charge in [-0.1, -0.05) is 19.0 Å². The first-order valence-electron chi connectivity index (χ1n) is 10.5. The Morgan fingerprint density at radius 2 is 1.92 bits per heavy atom. The molecule has 2 N–H and O–H groups in total. The second-order valence-corrected chi connectivity index (χ2v) is 9.59. The number of Topliss-reactive ketones (excluding diaryl/α,β-unsaturated/α-hetero) is 1. The van der Waals surface area contributed by atoms with Crippen molar-refractivity contribution in [1.29, 1.82) is 0 Å². The first-order valence-corrected chi connectivity index (χ1v) is 10.5. The lowest BCUT2D eigenvalue weighted by molar-refractivity contribution is -0.139. The largest absolute Gasteiger partial charge is 0.394 e. The highest BCUT2D eigenvalue weighted by Crippen LogP contribution is 2.65. The van der Waals surface area contributed by atoms with Crippen LogP contribution in [0.1, 0.15) is 65.2 Å². The standard InChI is InChI=1S/C21H33FN2O2/c1-20-10-8-17(24-26-12-11-23)19(22)16(20)4-3-13-14-5-6-18(25)21(14,2)9-7-15(13)20/h13-16,19H,3-12,23H2,1-2H3/b24-17-/t13-,14-,15-,16?,19-,20+,21-/m0/s1. The Kier molecular flexibility index (Phi) is 4.65. The highest BCUT2D eigenvalue weighted by atomic mass is 19.1. The van der Waals surface area contributed by atoms with Crippen LogP contribution < -0.4 is 5.73 Å². The van der Waals surface area contributed by atoms with Crippen molar-refractivity contribution in [2.45, 2.75) is 71.4 Å². The molecule has 4 aliphatic carbocycles. The van der Waals surface area contributed by atoms with Crippen LogP contribution in [0.4, 0.5) is 4.39 Å². The average Bonchev–Trinajstić information content (AvgIpc) is 2.92. The van der Waals surface area contributed by atoms with E-state index >= 15 is 4.39 Å². The Hall–Kier alpha value is -0.970. The highest BCUT2D eigenvalue weighted by Gasteiger charge is 2.61. The summed E-state index contributed by atoms with van der Waals surface area (Å²) in [6.07, 6.45) is 6.54. The highest BCUT2D eigenvalue weighted by molar-refractivity contribution is 5.89. The summed E-state index contributed by atoms with van der Waals surface area (Å²) in [6.45, 7) is 5.27. The van der Waals surface area contributed by atoms with Crippen molar-refractivity contribution in [2.75, 3.05) is 13.2 Å². The Morgan fingerprint density at radius 1 is 1.12 bits per heavy atom. The van der Waals surface area contributed by atoms with E-state index < -0.39 is 6.17 Å². The average molecular weight is 365 g/mol. The smallest absolute Gasteiger partial charge is 0.145 e. The summed E-state index contributed by atoms with van der Waals surface area (Å²) in [5.41, 5.74) is 5.94. The van der Waals surface area contributed by atoms with Gasteiger partial charge < -0.3 is 10.6 Å². The second kappa shape index (κ2) is 6.57. The fraction of sp³-hybridized carbons (Fsp3) is 0.905. The van der Waals surface area contributed by atoms with Crippen molar-refractivity contribution < 1.29 is 14.0 Å². The number of hydrogen-bond donors (Lipinski definition) is 1. The molecular weight excluding hydrogens is 331 g/mol. The third-order valence-corrected chi connectivity index (χ3v) is 8.63. The van der Waals surface area contributed by atoms with E-state index in [1.807, 2.05) is 0 Å². The number of nitrogens with zero attached hydrogens (tertiary/aromatic N) is 1. The van der Waals surface area contributed by atoms with E-state index in [-0.39, 0.29) is 16.7 Å². The number of alkyl halides is 1. The molecule has 0 heterocycles. The second-order valence-electron chi connectivity index (χ2n) is 9.59. The van der Waals surface area contributed by atoms with Crippen LogP contribution in [0.2, 0.25) is 0 Å². The SMILES string of the molecule is C[C@]12CC/C(=N/OCCN)[C@@H](F)C1CC[C@@H]1[C@@H]2CC[C@]2(C)C(=O)CC[C@@H]12. The maximum atomic E-state index is 15.3. The van der Waals surface area contributed by atoms with E-state index in [1.54, 1.807) is 0 Å². The van der Waals surface area contributed by atoms with Crippen LogP contribution in [-0.4, -0.2) is 30.8 Å². The number of nitrogens with two attached hydrogens (primary N) is 1. The molecule has 0 aromatic rings. The molecule has 0 radical (unpaired) electrons. The molecule has 0 spiro atoms. The van der Waals surface area contributed by atoms with Crippen LogP contribution in [0.5, 0.6) is 0 Å². The predicted molar refractivity (Wildman–Crippen MR) is 99.5 cm³/mol. The van der Waals surface area contributed by atoms with Crippen molar-refractivity contribution in [1.82, 2.24) is 0 Å². The summed E-state index contributed by atoms with van der Waals surface area (Å²) in [5.74, 6) is 2.19. The van der Waals surface area contributed by atoms with Crippen LogP contribution in [-0.2, 0) is 9.63 Å². The van der Waals surface area contributed by atoms with Gasteiger partial charge >= 0.3 is 0 Å². The zero-order valence-electron chi connectivity index (χ0n) is 16.2. The minimum absolute atomic E-state index is 0.0299. The van der Waals surface area contributed by atoms with Gasteiger partial charge in [-0.05, 0) is 68.1 Å². The molecule has 4 rings (SSSR count). The van der Waals surface area contributed by atoms with Crippen LogP contribution >= 0.6 is 0 Å². The summed E-state index contributed by atoms with van der Waals surface area (Å²) in [5, 5.41) is 4.07. The first-order chi connectivity index (χ1) is 12.4. The van der Waals surface area contributed by atoms with Gasteiger partial charge in [0.25, 0.3) is 0 Å². The number of rotatable bonds is 3. The molecule has 26 heavy (non-hydrogen) atoms. The monoisotopic (exact) mass is 364 g/mol. The zero-order chi connectivity index (χ0) is 18.5. The molecule has 0 aromatic carbocycles. The van der Waals surface area contributed by atoms with Gasteiger partial charge in [-0.25, -0.2) is 4.39 Å². The summed E-state index contributed by atoms with van der Waals surface area (Å²) in [6, 6.07) is 0. The lowest BCUT2D eigenvalue weighted by Gasteiger charge is -2.60. The summed E-state index contributed by atoms with van der Waals surface area (Å²) < 4.78 is 15.3. The van der Waals surface area contributed by atoms with Gasteiger partial charge in [-0.2, -0.15) is 0 Å². The maximum Gasteiger partial charge on any atom is 0.145 e. The molecule has 1 unspecified atom stereocenters. The topological polar surface area (TPSA) is 64.7 Å². The van der Waals surface area contributed by atoms with Gasteiger partial charge in [-0.3, -0.25) is 4.79 Å². The Balaban J connectivity index is 1.55. The molecule has 0 saturated heterocycles. The van der Waals surface area contributed by atoms with E-state index in [0.29, 0.717) is 48.8 Å². The van der Waals surface area contributed by atoms with Crippen molar-refractivity contribution in [3.63, 3.8) is 0 Å². The molecule has 4 aliphatic rings. The van der Waals surface area contributed by atoms with Gasteiger partial charge in [0, 0.05) is 24.3 Å². The molecule has 0 aliphatic heterocycles. The minimum atomic E-state index is -0.994. The van der Waals surface area contributed by atoms with E-state index in [4.69, 9.17) is 10.6 Å². The predicted octanol–water partition coefficient (Wildman–Crippen LogP) is 3.88. The molecular formula is C21H33FN2O2. The fourth-order valence-electron chi connectivity index (χ4n) is 7.15. The van der Waals surface area contributed by atoms with Crippen molar-refractivity contribution in [3.05, 3.63) is 0 Å². The van der Waals surface area contributed by atoms with Crippen molar-refractivity contribution in [3.8, 4) is 0 Å². The van der Waals surface area contributed by atoms with E-state index in [1.165, 1.54) is 0 Å². The number of carbonyl (C=O) groups is 1. The summed E-state index contributed by atoms with van der Waals surface area (Å²) in [4.78, 5) is 17.7. The van der Waals surface area contributed by atoms with Gasteiger partial charge in [0.1, 0.15) is 18.6 Å². The maximum absolute atomic E-state index is 15.3. The van der Waals surface area contributed by atoms with Crippen LogP contribution in [0.25, 0.3) is 0 Å². The summed E-state index contributed by atoms with van der Waals surface area (Å²) >= 11 is 0. The van der Waals surface area contributed by atoms with Crippen LogP contribution in [0.15, 0.2) is 5.16 Å². The number of oxime groups is 1. The third kappa shape index (κ3) is 2.56. The molecule has 146 valence electrons. The van der Waals surface area contributed by atoms with Crippen LogP contribution in [0.3, 0.4) is 0 Å². The molecule has 7 atom stereocenters. The lowest BCUT2D eigenvalue weighted by Crippen LogP contribution is -2.56. The Bertz CT molecular complexity index is 609. The Labute approximate surface area is 156 Å². The normalized spacial score (nSPS) is 49.5. The number of halogens is 1. The van der Waals surface area contributed by atoms with Crippen molar-refractivity contribution >= 4 is 11.5 Å². The fourth-order valence-corrected chi connectivity index (χ4v) is 7.15. The van der Waals surface area contributed by atoms with E-state index in [2.05, 4.69) is 19.0 Å². The first kappa shape index (κ1) is 18.4. The van der Waals surface area contributed by atoms with Gasteiger partial charge in [0.05, 0.1) is 5.71 Å². The molecule has 4 saturated carbocycles. The lowest BCUT2D eigenvalue weighted by atomic mass is 9.45. The molecule has 4 fully saturated rings. The number of carbonyl (C=O) groups excluding carboxylic acids is 1. The molecule has 4 nitrogen and oxygen atoms in total.